The molecule has 2 aromatic rings. The second-order valence-corrected chi connectivity index (χ2v) is 6.00. The molecule has 0 radical (unpaired) electrons. The van der Waals surface area contributed by atoms with Gasteiger partial charge in [0.2, 0.25) is 0 Å². The first-order valence-corrected chi connectivity index (χ1v) is 7.65. The van der Waals surface area contributed by atoms with Gasteiger partial charge in [0.1, 0.15) is 5.75 Å². The fourth-order valence-corrected chi connectivity index (χ4v) is 2.02. The first-order valence-electron chi connectivity index (χ1n) is 7.65. The maximum absolute atomic E-state index is 12.1. The maximum Gasteiger partial charge on any atom is 0.422 e. The van der Waals surface area contributed by atoms with Crippen molar-refractivity contribution in [1.29, 1.82) is 0 Å². The Bertz CT molecular complexity index is 742. The molecule has 0 spiro atoms. The van der Waals surface area contributed by atoms with E-state index >= 15 is 0 Å². The summed E-state index contributed by atoms with van der Waals surface area (Å²) in [5, 5.41) is 10.9. The summed E-state index contributed by atoms with van der Waals surface area (Å²) < 4.78 is 47.1. The Labute approximate surface area is 148 Å². The van der Waals surface area contributed by atoms with Crippen LogP contribution in [0.5, 0.6) is 5.75 Å². The van der Waals surface area contributed by atoms with Crippen LogP contribution < -0.4 is 10.1 Å². The van der Waals surface area contributed by atoms with Crippen molar-refractivity contribution in [1.82, 2.24) is 15.0 Å². The molecule has 0 fully saturated rings. The Balaban J connectivity index is 1.92. The van der Waals surface area contributed by atoms with E-state index in [0.29, 0.717) is 12.4 Å². The summed E-state index contributed by atoms with van der Waals surface area (Å²) in [5.41, 5.74) is -0.190. The highest BCUT2D eigenvalue weighted by atomic mass is 19.4. The third-order valence-electron chi connectivity index (χ3n) is 3.55. The van der Waals surface area contributed by atoms with Gasteiger partial charge in [0.05, 0.1) is 13.3 Å². The summed E-state index contributed by atoms with van der Waals surface area (Å²) in [6, 6.07) is 6.20. The second-order valence-electron chi connectivity index (χ2n) is 6.00. The van der Waals surface area contributed by atoms with Gasteiger partial charge in [-0.05, 0) is 31.5 Å². The SMILES string of the molecule is COC(=O)C(C)(C)n1cc(NCc2ccc(OCC(F)(F)F)cc2)nn1. The molecular weight excluding hydrogens is 353 g/mol. The molecule has 2 rings (SSSR count). The number of hydrogen-bond acceptors (Lipinski definition) is 6. The highest BCUT2D eigenvalue weighted by Crippen LogP contribution is 2.20. The van der Waals surface area contributed by atoms with Gasteiger partial charge in [0, 0.05) is 6.54 Å². The molecule has 0 atom stereocenters. The zero-order valence-electron chi connectivity index (χ0n) is 14.5. The Hall–Kier alpha value is -2.78. The van der Waals surface area contributed by atoms with Crippen molar-refractivity contribution in [3.05, 3.63) is 36.0 Å². The number of rotatable bonds is 7. The number of methoxy groups -OCH3 is 1. The van der Waals surface area contributed by atoms with E-state index in [1.165, 1.54) is 23.9 Å². The lowest BCUT2D eigenvalue weighted by Crippen LogP contribution is -2.37. The van der Waals surface area contributed by atoms with Crippen LogP contribution in [0.15, 0.2) is 30.5 Å². The monoisotopic (exact) mass is 372 g/mol. The Morgan fingerprint density at radius 3 is 2.46 bits per heavy atom. The molecule has 0 unspecified atom stereocenters. The minimum atomic E-state index is -4.37. The van der Waals surface area contributed by atoms with Gasteiger partial charge in [-0.1, -0.05) is 17.3 Å². The topological polar surface area (TPSA) is 78.3 Å². The summed E-state index contributed by atoms with van der Waals surface area (Å²) >= 11 is 0. The average molecular weight is 372 g/mol. The number of carbonyl (C=O) groups is 1. The number of nitrogens with zero attached hydrogens (tertiary/aromatic N) is 3. The number of alkyl halides is 3. The zero-order chi connectivity index (χ0) is 19.4. The summed E-state index contributed by atoms with van der Waals surface area (Å²) in [6.45, 7) is 2.34. The van der Waals surface area contributed by atoms with E-state index < -0.39 is 24.3 Å². The third kappa shape index (κ3) is 5.11. The molecular formula is C16H19F3N4O3. The minimum absolute atomic E-state index is 0.136. The number of esters is 1. The van der Waals surface area contributed by atoms with Gasteiger partial charge in [-0.25, -0.2) is 9.48 Å². The van der Waals surface area contributed by atoms with E-state index in [1.54, 1.807) is 32.2 Å². The van der Waals surface area contributed by atoms with Crippen LogP contribution >= 0.6 is 0 Å². The van der Waals surface area contributed by atoms with Crippen LogP contribution in [-0.2, 0) is 21.6 Å². The lowest BCUT2D eigenvalue weighted by Gasteiger charge is -2.20. The standard InChI is InChI=1S/C16H19F3N4O3/c1-15(2,14(24)25-3)23-9-13(21-22-23)20-8-11-4-6-12(7-5-11)26-10-16(17,18)19/h4-7,9,20H,8,10H2,1-3H3. The molecule has 0 bridgehead atoms. The van der Waals surface area contributed by atoms with Gasteiger partial charge >= 0.3 is 12.1 Å². The van der Waals surface area contributed by atoms with Crippen molar-refractivity contribution in [2.24, 2.45) is 0 Å². The number of hydrogen-bond donors (Lipinski definition) is 1. The third-order valence-corrected chi connectivity index (χ3v) is 3.55. The van der Waals surface area contributed by atoms with Gasteiger partial charge in [-0.2, -0.15) is 13.2 Å². The smallest absolute Gasteiger partial charge is 0.422 e. The summed E-state index contributed by atoms with van der Waals surface area (Å²) in [6.07, 6.45) is -2.80. The van der Waals surface area contributed by atoms with E-state index in [2.05, 4.69) is 20.4 Å². The molecule has 1 aromatic carbocycles. The molecule has 142 valence electrons. The number of ether oxygens (including phenoxy) is 2. The molecule has 0 saturated heterocycles. The second kappa shape index (κ2) is 7.63. The maximum atomic E-state index is 12.1. The number of halogens is 3. The number of anilines is 1. The van der Waals surface area contributed by atoms with E-state index in [1.807, 2.05) is 0 Å². The first-order chi connectivity index (χ1) is 12.1. The van der Waals surface area contributed by atoms with Crippen LogP contribution in [-0.4, -0.2) is 40.9 Å². The number of carbonyl (C=O) groups excluding carboxylic acids is 1. The van der Waals surface area contributed by atoms with Crippen molar-refractivity contribution in [3.8, 4) is 5.75 Å². The fraction of sp³-hybridized carbons (Fsp3) is 0.438. The Kier molecular flexibility index (Phi) is 5.73. The largest absolute Gasteiger partial charge is 0.484 e. The summed E-state index contributed by atoms with van der Waals surface area (Å²) in [4.78, 5) is 11.8. The van der Waals surface area contributed by atoms with Gasteiger partial charge in [-0.3, -0.25) is 0 Å². The molecule has 26 heavy (non-hydrogen) atoms. The summed E-state index contributed by atoms with van der Waals surface area (Å²) in [5.74, 6) is 0.125. The average Bonchev–Trinajstić information content (AvgIpc) is 3.07. The van der Waals surface area contributed by atoms with Crippen molar-refractivity contribution >= 4 is 11.8 Å². The number of nitrogens with one attached hydrogen (secondary N) is 1. The van der Waals surface area contributed by atoms with Gasteiger partial charge in [0.15, 0.2) is 18.0 Å². The highest BCUT2D eigenvalue weighted by Gasteiger charge is 2.32. The van der Waals surface area contributed by atoms with Crippen molar-refractivity contribution in [3.63, 3.8) is 0 Å². The Morgan fingerprint density at radius 2 is 1.88 bits per heavy atom. The van der Waals surface area contributed by atoms with Crippen molar-refractivity contribution in [2.75, 3.05) is 19.0 Å². The molecule has 10 heteroatoms. The lowest BCUT2D eigenvalue weighted by atomic mass is 10.1. The van der Waals surface area contributed by atoms with Crippen LogP contribution in [0.2, 0.25) is 0 Å². The molecule has 0 aliphatic heterocycles. The zero-order valence-corrected chi connectivity index (χ0v) is 14.5. The van der Waals surface area contributed by atoms with Crippen LogP contribution in [0.4, 0.5) is 19.0 Å². The normalized spacial score (nSPS) is 11.9. The molecule has 0 aliphatic rings. The van der Waals surface area contributed by atoms with Crippen LogP contribution in [0.25, 0.3) is 0 Å². The van der Waals surface area contributed by atoms with Crippen LogP contribution in [0, 0.1) is 0 Å². The predicted octanol–water partition coefficient (Wildman–Crippen LogP) is 2.74. The molecule has 7 nitrogen and oxygen atoms in total. The van der Waals surface area contributed by atoms with Gasteiger partial charge < -0.3 is 14.8 Å². The van der Waals surface area contributed by atoms with Crippen LogP contribution in [0.3, 0.4) is 0 Å². The minimum Gasteiger partial charge on any atom is -0.484 e. The van der Waals surface area contributed by atoms with Crippen molar-refractivity contribution in [2.45, 2.75) is 32.1 Å². The van der Waals surface area contributed by atoms with Gasteiger partial charge in [0.25, 0.3) is 0 Å². The van der Waals surface area contributed by atoms with E-state index in [-0.39, 0.29) is 5.75 Å². The molecule has 1 aromatic heterocycles. The van der Waals surface area contributed by atoms with Crippen LogP contribution in [0.1, 0.15) is 19.4 Å². The molecule has 0 aliphatic carbocycles. The molecule has 0 amide bonds. The summed E-state index contributed by atoms with van der Waals surface area (Å²) in [7, 11) is 1.29. The molecule has 1 heterocycles. The number of aromatic nitrogens is 3. The van der Waals surface area contributed by atoms with Crippen molar-refractivity contribution < 1.29 is 27.4 Å². The predicted molar refractivity (Wildman–Crippen MR) is 86.7 cm³/mol. The molecule has 0 saturated carbocycles. The van der Waals surface area contributed by atoms with E-state index in [4.69, 9.17) is 4.74 Å². The van der Waals surface area contributed by atoms with E-state index in [9.17, 15) is 18.0 Å². The Morgan fingerprint density at radius 1 is 1.23 bits per heavy atom. The fourth-order valence-electron chi connectivity index (χ4n) is 2.02. The number of benzene rings is 1. The first kappa shape index (κ1) is 19.5. The van der Waals surface area contributed by atoms with E-state index in [0.717, 1.165) is 5.56 Å². The van der Waals surface area contributed by atoms with Gasteiger partial charge in [-0.15, -0.1) is 5.10 Å². The quantitative estimate of drug-likeness (QED) is 0.753. The molecule has 1 N–H and O–H groups in total. The lowest BCUT2D eigenvalue weighted by molar-refractivity contribution is -0.153. The highest BCUT2D eigenvalue weighted by molar-refractivity contribution is 5.77.